The molecule has 1 aliphatic rings. The van der Waals surface area contributed by atoms with Gasteiger partial charge in [0.15, 0.2) is 0 Å². The zero-order chi connectivity index (χ0) is 15.7. The van der Waals surface area contributed by atoms with Gasteiger partial charge in [-0.05, 0) is 36.4 Å². The molecule has 0 unspecified atom stereocenters. The van der Waals surface area contributed by atoms with Crippen LogP contribution in [-0.2, 0) is 10.0 Å². The van der Waals surface area contributed by atoms with E-state index < -0.39 is 10.0 Å². The number of nitrogens with one attached hydrogen (secondary N) is 1. The van der Waals surface area contributed by atoms with Crippen molar-refractivity contribution in [3.63, 3.8) is 0 Å². The highest BCUT2D eigenvalue weighted by Gasteiger charge is 2.29. The third-order valence-corrected chi connectivity index (χ3v) is 6.19. The largest absolute Gasteiger partial charge is 0.349 e. The molecule has 0 saturated heterocycles. The van der Waals surface area contributed by atoms with Crippen molar-refractivity contribution >= 4 is 33.0 Å². The maximum absolute atomic E-state index is 12.6. The number of carbonyl (C=O) groups is 1. The first kappa shape index (κ1) is 15.1. The van der Waals surface area contributed by atoms with Crippen molar-refractivity contribution in [2.75, 3.05) is 11.4 Å². The van der Waals surface area contributed by atoms with Gasteiger partial charge in [-0.25, -0.2) is 8.42 Å². The van der Waals surface area contributed by atoms with E-state index in [-0.39, 0.29) is 16.8 Å². The van der Waals surface area contributed by atoms with Crippen molar-refractivity contribution in [1.82, 2.24) is 5.32 Å². The maximum atomic E-state index is 12.6. The molecule has 0 aliphatic heterocycles. The number of carbonyl (C=O) groups excluding carboxylic acids is 1. The van der Waals surface area contributed by atoms with E-state index in [0.29, 0.717) is 10.6 Å². The van der Waals surface area contributed by atoms with Gasteiger partial charge >= 0.3 is 0 Å². The fourth-order valence-corrected chi connectivity index (χ4v) is 4.19. The van der Waals surface area contributed by atoms with Gasteiger partial charge in [0.05, 0.1) is 10.6 Å². The normalized spacial score (nSPS) is 14.6. The number of amides is 1. The lowest BCUT2D eigenvalue weighted by Gasteiger charge is -2.19. The third kappa shape index (κ3) is 2.86. The average Bonchev–Trinajstić information content (AvgIpc) is 3.19. The summed E-state index contributed by atoms with van der Waals surface area (Å²) in [7, 11) is -2.20. The second-order valence-corrected chi connectivity index (χ2v) is 8.05. The van der Waals surface area contributed by atoms with Gasteiger partial charge in [0.1, 0.15) is 4.88 Å². The van der Waals surface area contributed by atoms with Crippen LogP contribution in [0, 0.1) is 0 Å². The van der Waals surface area contributed by atoms with Crippen LogP contribution in [0.1, 0.15) is 22.5 Å². The molecule has 1 aromatic carbocycles. The van der Waals surface area contributed by atoms with Crippen LogP contribution in [-0.4, -0.2) is 27.4 Å². The molecule has 7 heteroatoms. The van der Waals surface area contributed by atoms with Gasteiger partial charge in [-0.1, -0.05) is 18.2 Å². The second-order valence-electron chi connectivity index (χ2n) is 5.17. The van der Waals surface area contributed by atoms with Crippen LogP contribution in [0.15, 0.2) is 46.7 Å². The lowest BCUT2D eigenvalue weighted by Crippen LogP contribution is -2.30. The van der Waals surface area contributed by atoms with E-state index in [1.54, 1.807) is 41.8 Å². The van der Waals surface area contributed by atoms with Crippen LogP contribution in [0.25, 0.3) is 0 Å². The van der Waals surface area contributed by atoms with Gasteiger partial charge in [-0.2, -0.15) is 0 Å². The van der Waals surface area contributed by atoms with Crippen molar-refractivity contribution < 1.29 is 13.2 Å². The van der Waals surface area contributed by atoms with Crippen LogP contribution >= 0.6 is 11.3 Å². The van der Waals surface area contributed by atoms with Crippen molar-refractivity contribution in [2.45, 2.75) is 23.8 Å². The number of hydrogen-bond donors (Lipinski definition) is 1. The van der Waals surface area contributed by atoms with Crippen LogP contribution in [0.3, 0.4) is 0 Å². The van der Waals surface area contributed by atoms with Crippen LogP contribution in [0.5, 0.6) is 0 Å². The van der Waals surface area contributed by atoms with Gasteiger partial charge in [0.25, 0.3) is 15.9 Å². The smallest absolute Gasteiger partial charge is 0.264 e. The predicted octanol–water partition coefficient (Wildman–Crippen LogP) is 2.47. The molecule has 2 aromatic rings. The summed E-state index contributed by atoms with van der Waals surface area (Å²) in [6.07, 6.45) is 1.98. The molecule has 1 fully saturated rings. The molecule has 5 nitrogen and oxygen atoms in total. The van der Waals surface area contributed by atoms with Crippen molar-refractivity contribution in [2.24, 2.45) is 0 Å². The molecular formula is C15H16N2O3S2. The van der Waals surface area contributed by atoms with Crippen molar-refractivity contribution in [1.29, 1.82) is 0 Å². The molecule has 22 heavy (non-hydrogen) atoms. The number of nitrogens with zero attached hydrogens (tertiary/aromatic N) is 1. The minimum Gasteiger partial charge on any atom is -0.349 e. The molecule has 0 bridgehead atoms. The zero-order valence-electron chi connectivity index (χ0n) is 12.0. The Morgan fingerprint density at radius 3 is 2.55 bits per heavy atom. The predicted molar refractivity (Wildman–Crippen MR) is 86.8 cm³/mol. The molecule has 0 spiro atoms. The summed E-state index contributed by atoms with van der Waals surface area (Å²) in [5.74, 6) is -0.206. The summed E-state index contributed by atoms with van der Waals surface area (Å²) in [4.78, 5) is 12.9. The monoisotopic (exact) mass is 336 g/mol. The minimum absolute atomic E-state index is 0.206. The first-order valence-electron chi connectivity index (χ1n) is 6.92. The van der Waals surface area contributed by atoms with Gasteiger partial charge in [0.2, 0.25) is 0 Å². The third-order valence-electron chi connectivity index (χ3n) is 3.50. The van der Waals surface area contributed by atoms with Crippen LogP contribution < -0.4 is 9.62 Å². The summed E-state index contributed by atoms with van der Waals surface area (Å²) in [6.45, 7) is 0. The van der Waals surface area contributed by atoms with E-state index in [1.807, 2.05) is 0 Å². The molecule has 3 rings (SSSR count). The van der Waals surface area contributed by atoms with E-state index in [2.05, 4.69) is 5.32 Å². The summed E-state index contributed by atoms with van der Waals surface area (Å²) in [5, 5.41) is 4.62. The summed E-state index contributed by atoms with van der Waals surface area (Å²) >= 11 is 1.25. The highest BCUT2D eigenvalue weighted by Crippen LogP contribution is 2.30. The quantitative estimate of drug-likeness (QED) is 0.912. The Hall–Kier alpha value is -1.86. The topological polar surface area (TPSA) is 66.5 Å². The van der Waals surface area contributed by atoms with Crippen molar-refractivity contribution in [3.8, 4) is 0 Å². The standard InChI is InChI=1S/C15H16N2O3S2/c1-17(22(19,20)12-5-3-2-4-6-12)13-9-10-21-14(13)15(18)16-11-7-8-11/h2-6,9-11H,7-8H2,1H3,(H,16,18). The van der Waals surface area contributed by atoms with Gasteiger partial charge in [0, 0.05) is 13.1 Å². The van der Waals surface area contributed by atoms with Crippen LogP contribution in [0.2, 0.25) is 0 Å². The molecular weight excluding hydrogens is 320 g/mol. The molecule has 0 atom stereocenters. The number of thiophene rings is 1. The highest BCUT2D eigenvalue weighted by atomic mass is 32.2. The molecule has 1 amide bonds. The number of rotatable bonds is 5. The Morgan fingerprint density at radius 2 is 1.91 bits per heavy atom. The average molecular weight is 336 g/mol. The maximum Gasteiger partial charge on any atom is 0.264 e. The highest BCUT2D eigenvalue weighted by molar-refractivity contribution is 7.92. The van der Waals surface area contributed by atoms with Gasteiger partial charge < -0.3 is 5.32 Å². The number of benzene rings is 1. The van der Waals surface area contributed by atoms with E-state index in [0.717, 1.165) is 12.8 Å². The van der Waals surface area contributed by atoms with Gasteiger partial charge in [-0.15, -0.1) is 11.3 Å². The van der Waals surface area contributed by atoms with Crippen molar-refractivity contribution in [3.05, 3.63) is 46.7 Å². The lowest BCUT2D eigenvalue weighted by atomic mass is 10.3. The van der Waals surface area contributed by atoms with E-state index in [1.165, 1.54) is 22.7 Å². The lowest BCUT2D eigenvalue weighted by molar-refractivity contribution is 0.0956. The SMILES string of the molecule is CN(c1ccsc1C(=O)NC1CC1)S(=O)(=O)c1ccccc1. The first-order chi connectivity index (χ1) is 10.5. The number of sulfonamides is 1. The van der Waals surface area contributed by atoms with Gasteiger partial charge in [-0.3, -0.25) is 9.10 Å². The van der Waals surface area contributed by atoms with E-state index >= 15 is 0 Å². The summed E-state index contributed by atoms with van der Waals surface area (Å²) < 4.78 is 26.4. The number of hydrogen-bond acceptors (Lipinski definition) is 4. The fourth-order valence-electron chi connectivity index (χ4n) is 2.08. The Labute approximate surface area is 133 Å². The molecule has 0 radical (unpaired) electrons. The minimum atomic E-state index is -3.67. The zero-order valence-corrected chi connectivity index (χ0v) is 13.7. The molecule has 1 saturated carbocycles. The first-order valence-corrected chi connectivity index (χ1v) is 9.24. The van der Waals surface area contributed by atoms with Crippen LogP contribution in [0.4, 0.5) is 5.69 Å². The molecule has 1 N–H and O–H groups in total. The molecule has 1 aliphatic carbocycles. The molecule has 116 valence electrons. The van der Waals surface area contributed by atoms with E-state index in [9.17, 15) is 13.2 Å². The Bertz CT molecular complexity index is 780. The number of anilines is 1. The Morgan fingerprint density at radius 1 is 1.23 bits per heavy atom. The summed E-state index contributed by atoms with van der Waals surface area (Å²) in [5.41, 5.74) is 0.409. The fraction of sp³-hybridized carbons (Fsp3) is 0.267. The second kappa shape index (κ2) is 5.73. The summed E-state index contributed by atoms with van der Waals surface area (Å²) in [6, 6.07) is 10.1. The van der Waals surface area contributed by atoms with E-state index in [4.69, 9.17) is 0 Å². The Kier molecular flexibility index (Phi) is 3.92. The molecule has 1 aromatic heterocycles. The molecule has 1 heterocycles. The Balaban J connectivity index is 1.91.